The Morgan fingerprint density at radius 3 is 2.62 bits per heavy atom. The Kier molecular flexibility index (Phi) is 4.92. The lowest BCUT2D eigenvalue weighted by molar-refractivity contribution is 0.198. The number of para-hydroxylation sites is 1. The van der Waals surface area contributed by atoms with Crippen LogP contribution in [0.25, 0.3) is 10.9 Å². The van der Waals surface area contributed by atoms with E-state index in [0.717, 1.165) is 38.1 Å². The predicted octanol–water partition coefficient (Wildman–Crippen LogP) is 4.45. The molecule has 1 fully saturated rings. The van der Waals surface area contributed by atoms with Crippen molar-refractivity contribution in [3.63, 3.8) is 0 Å². The summed E-state index contributed by atoms with van der Waals surface area (Å²) in [4.78, 5) is 14.5. The lowest BCUT2D eigenvalue weighted by Crippen LogP contribution is -2.47. The molecule has 3 heterocycles. The second kappa shape index (κ2) is 7.33. The summed E-state index contributed by atoms with van der Waals surface area (Å²) in [5.74, 6) is 0. The van der Waals surface area contributed by atoms with Gasteiger partial charge >= 0.3 is 0 Å². The number of thiazole rings is 1. The summed E-state index contributed by atoms with van der Waals surface area (Å²) in [6.07, 6.45) is 2.93. The second-order valence-electron chi connectivity index (χ2n) is 6.96. The highest BCUT2D eigenvalue weighted by molar-refractivity contribution is 7.09. The lowest BCUT2D eigenvalue weighted by Gasteiger charge is -2.39. The summed E-state index contributed by atoms with van der Waals surface area (Å²) in [5, 5.41) is 4.58. The zero-order valence-corrected chi connectivity index (χ0v) is 16.6. The number of hydrogen-bond acceptors (Lipinski definition) is 5. The van der Waals surface area contributed by atoms with E-state index in [1.165, 1.54) is 27.3 Å². The first kappa shape index (κ1) is 17.4. The minimum absolute atomic E-state index is 0.402. The standard InChI is InChI=1S/C21H26N4S/c1-4-17-15(2)23-19-8-6-5-7-18(19)20(17)25-12-10-24(11-13-25)16(3)21-22-9-14-26-21/h5-9,14,16H,4,10-13H2,1-3H3. The number of anilines is 1. The molecule has 2 aromatic heterocycles. The quantitative estimate of drug-likeness (QED) is 0.683. The molecule has 0 bridgehead atoms. The monoisotopic (exact) mass is 366 g/mol. The average Bonchev–Trinajstić information content (AvgIpc) is 3.21. The number of aromatic nitrogens is 2. The Bertz CT molecular complexity index is 882. The van der Waals surface area contributed by atoms with Crippen LogP contribution in [0.3, 0.4) is 0 Å². The molecule has 136 valence electrons. The molecule has 0 amide bonds. The second-order valence-corrected chi connectivity index (χ2v) is 7.89. The van der Waals surface area contributed by atoms with Gasteiger partial charge in [-0.05, 0) is 31.9 Å². The maximum Gasteiger partial charge on any atom is 0.109 e. The molecule has 26 heavy (non-hydrogen) atoms. The van der Waals surface area contributed by atoms with Crippen molar-refractivity contribution in [2.45, 2.75) is 33.2 Å². The zero-order valence-electron chi connectivity index (χ0n) is 15.8. The molecule has 1 aliphatic heterocycles. The Balaban J connectivity index is 1.61. The fraction of sp³-hybridized carbons (Fsp3) is 0.429. The SMILES string of the molecule is CCc1c(C)nc2ccccc2c1N1CCN(C(C)c2nccs2)CC1. The van der Waals surface area contributed by atoms with Crippen molar-refractivity contribution in [3.05, 3.63) is 52.1 Å². The Morgan fingerprint density at radius 2 is 1.92 bits per heavy atom. The van der Waals surface area contributed by atoms with Crippen LogP contribution in [0.15, 0.2) is 35.8 Å². The Labute approximate surface area is 159 Å². The first-order valence-corrected chi connectivity index (χ1v) is 10.3. The van der Waals surface area contributed by atoms with Gasteiger partial charge in [0.15, 0.2) is 0 Å². The van der Waals surface area contributed by atoms with E-state index in [-0.39, 0.29) is 0 Å². The van der Waals surface area contributed by atoms with Gasteiger partial charge in [-0.1, -0.05) is 25.1 Å². The van der Waals surface area contributed by atoms with E-state index in [0.29, 0.717) is 6.04 Å². The number of pyridine rings is 1. The van der Waals surface area contributed by atoms with E-state index in [1.807, 2.05) is 6.20 Å². The molecule has 5 heteroatoms. The number of rotatable bonds is 4. The third kappa shape index (κ3) is 3.10. The van der Waals surface area contributed by atoms with Crippen LogP contribution >= 0.6 is 11.3 Å². The van der Waals surface area contributed by atoms with Gasteiger partial charge < -0.3 is 4.90 Å². The van der Waals surface area contributed by atoms with Gasteiger partial charge in [-0.3, -0.25) is 9.88 Å². The molecule has 4 rings (SSSR count). The maximum atomic E-state index is 4.83. The molecular formula is C21H26N4S. The summed E-state index contributed by atoms with van der Waals surface area (Å²) in [6, 6.07) is 8.96. The van der Waals surface area contributed by atoms with Crippen molar-refractivity contribution < 1.29 is 0 Å². The number of nitrogens with zero attached hydrogens (tertiary/aromatic N) is 4. The first-order chi connectivity index (χ1) is 12.7. The average molecular weight is 367 g/mol. The predicted molar refractivity (Wildman–Crippen MR) is 110 cm³/mol. The summed E-state index contributed by atoms with van der Waals surface area (Å²) in [7, 11) is 0. The molecule has 0 radical (unpaired) electrons. The van der Waals surface area contributed by atoms with Crippen LogP contribution in [0.4, 0.5) is 5.69 Å². The molecule has 1 unspecified atom stereocenters. The van der Waals surface area contributed by atoms with E-state index in [9.17, 15) is 0 Å². The molecule has 0 N–H and O–H groups in total. The minimum atomic E-state index is 0.402. The van der Waals surface area contributed by atoms with E-state index in [2.05, 4.69) is 65.2 Å². The van der Waals surface area contributed by atoms with Gasteiger partial charge in [0.2, 0.25) is 0 Å². The van der Waals surface area contributed by atoms with Gasteiger partial charge in [-0.15, -0.1) is 11.3 Å². The van der Waals surface area contributed by atoms with E-state index < -0.39 is 0 Å². The van der Waals surface area contributed by atoms with Crippen LogP contribution in [-0.2, 0) is 6.42 Å². The van der Waals surface area contributed by atoms with Gasteiger partial charge in [-0.2, -0.15) is 0 Å². The molecule has 3 aromatic rings. The Morgan fingerprint density at radius 1 is 1.15 bits per heavy atom. The molecule has 1 aromatic carbocycles. The maximum absolute atomic E-state index is 4.83. The van der Waals surface area contributed by atoms with Crippen molar-refractivity contribution in [2.24, 2.45) is 0 Å². The molecule has 0 saturated carbocycles. The van der Waals surface area contributed by atoms with Crippen molar-refractivity contribution in [3.8, 4) is 0 Å². The van der Waals surface area contributed by atoms with Gasteiger partial charge in [0.1, 0.15) is 5.01 Å². The fourth-order valence-corrected chi connectivity index (χ4v) is 4.80. The summed E-state index contributed by atoms with van der Waals surface area (Å²) in [6.45, 7) is 10.9. The van der Waals surface area contributed by atoms with Crippen molar-refractivity contribution >= 4 is 27.9 Å². The van der Waals surface area contributed by atoms with Crippen LogP contribution in [0.5, 0.6) is 0 Å². The van der Waals surface area contributed by atoms with Gasteiger partial charge in [0.05, 0.1) is 17.2 Å². The van der Waals surface area contributed by atoms with E-state index in [1.54, 1.807) is 11.3 Å². The van der Waals surface area contributed by atoms with E-state index in [4.69, 9.17) is 4.98 Å². The van der Waals surface area contributed by atoms with Crippen LogP contribution in [0.1, 0.15) is 36.2 Å². The third-order valence-corrected chi connectivity index (χ3v) is 6.46. The van der Waals surface area contributed by atoms with Crippen LogP contribution in [-0.4, -0.2) is 41.0 Å². The number of hydrogen-bond donors (Lipinski definition) is 0. The molecule has 0 spiro atoms. The largest absolute Gasteiger partial charge is 0.368 e. The number of aryl methyl sites for hydroxylation is 1. The smallest absolute Gasteiger partial charge is 0.109 e. The molecule has 1 aliphatic rings. The van der Waals surface area contributed by atoms with Gasteiger partial charge in [0, 0.05) is 48.8 Å². The number of piperazine rings is 1. The molecule has 4 nitrogen and oxygen atoms in total. The lowest BCUT2D eigenvalue weighted by atomic mass is 10.0. The number of benzene rings is 1. The molecule has 1 saturated heterocycles. The van der Waals surface area contributed by atoms with Crippen LogP contribution in [0, 0.1) is 6.92 Å². The summed E-state index contributed by atoms with van der Waals surface area (Å²) in [5.41, 5.74) is 5.07. The topological polar surface area (TPSA) is 32.3 Å². The van der Waals surface area contributed by atoms with Crippen molar-refractivity contribution in [1.82, 2.24) is 14.9 Å². The summed E-state index contributed by atoms with van der Waals surface area (Å²) < 4.78 is 0. The zero-order chi connectivity index (χ0) is 18.1. The summed E-state index contributed by atoms with van der Waals surface area (Å²) >= 11 is 1.76. The molecular weight excluding hydrogens is 340 g/mol. The van der Waals surface area contributed by atoms with Crippen LogP contribution in [0.2, 0.25) is 0 Å². The fourth-order valence-electron chi connectivity index (χ4n) is 4.07. The highest BCUT2D eigenvalue weighted by atomic mass is 32.1. The highest BCUT2D eigenvalue weighted by Gasteiger charge is 2.26. The minimum Gasteiger partial charge on any atom is -0.368 e. The van der Waals surface area contributed by atoms with E-state index >= 15 is 0 Å². The van der Waals surface area contributed by atoms with Crippen molar-refractivity contribution in [1.29, 1.82) is 0 Å². The normalized spacial score (nSPS) is 17.0. The highest BCUT2D eigenvalue weighted by Crippen LogP contribution is 2.34. The molecule has 0 aliphatic carbocycles. The Hall–Kier alpha value is -1.98. The van der Waals surface area contributed by atoms with Crippen molar-refractivity contribution in [2.75, 3.05) is 31.1 Å². The van der Waals surface area contributed by atoms with Crippen LogP contribution < -0.4 is 4.90 Å². The van der Waals surface area contributed by atoms with Gasteiger partial charge in [0.25, 0.3) is 0 Å². The molecule has 1 atom stereocenters. The number of fused-ring (bicyclic) bond motifs is 1. The van der Waals surface area contributed by atoms with Gasteiger partial charge in [-0.25, -0.2) is 4.98 Å². The first-order valence-electron chi connectivity index (χ1n) is 9.45. The third-order valence-electron chi connectivity index (χ3n) is 5.51.